The number of rotatable bonds is 2. The lowest BCUT2D eigenvalue weighted by atomic mass is 10.0. The van der Waals surface area contributed by atoms with Crippen LogP contribution in [0.1, 0.15) is 0 Å². The number of hydrogen-bond donors (Lipinski definition) is 6. The van der Waals surface area contributed by atoms with Crippen molar-refractivity contribution in [2.75, 3.05) is 0 Å². The molecule has 0 aliphatic carbocycles. The van der Waals surface area contributed by atoms with Gasteiger partial charge in [0.05, 0.1) is 39.2 Å². The molecule has 0 amide bonds. The Labute approximate surface area is 204 Å². The van der Waals surface area contributed by atoms with E-state index in [0.29, 0.717) is 33.1 Å². The molecule has 6 aromatic rings. The molecular weight excluding hydrogens is 462 g/mol. The topological polar surface area (TPSA) is 136 Å². The Kier molecular flexibility index (Phi) is 4.23. The summed E-state index contributed by atoms with van der Waals surface area (Å²) in [7, 11) is 5.48. The fourth-order valence-electron chi connectivity index (χ4n) is 5.16. The summed E-state index contributed by atoms with van der Waals surface area (Å²) >= 11 is 0. The van der Waals surface area contributed by atoms with E-state index >= 15 is 0 Å². The van der Waals surface area contributed by atoms with E-state index in [1.54, 1.807) is 17.7 Å². The van der Waals surface area contributed by atoms with Gasteiger partial charge in [-0.05, 0) is 30.3 Å². The lowest BCUT2D eigenvalue weighted by Crippen LogP contribution is -1.97. The molecule has 182 valence electrons. The first kappa shape index (κ1) is 21.6. The Bertz CT molecular complexity index is 1890. The molecule has 0 fully saturated rings. The zero-order valence-electron chi connectivity index (χ0n) is 19.6. The number of aromatic hydroxyl groups is 6. The molecule has 6 rings (SSSR count). The Morgan fingerprint density at radius 1 is 0.444 bits per heavy atom. The van der Waals surface area contributed by atoms with Gasteiger partial charge in [-0.2, -0.15) is 0 Å². The van der Waals surface area contributed by atoms with Gasteiger partial charge in [-0.25, -0.2) is 0 Å². The lowest BCUT2D eigenvalue weighted by Gasteiger charge is -2.11. The highest BCUT2D eigenvalue weighted by atomic mass is 16.3. The molecule has 3 aromatic heterocycles. The van der Waals surface area contributed by atoms with E-state index in [1.165, 1.54) is 30.3 Å². The van der Waals surface area contributed by atoms with Crippen LogP contribution in [0.25, 0.3) is 55.4 Å². The zero-order valence-corrected chi connectivity index (χ0v) is 19.6. The van der Waals surface area contributed by atoms with Crippen LogP contribution in [0.15, 0.2) is 48.5 Å². The summed E-state index contributed by atoms with van der Waals surface area (Å²) in [6.45, 7) is 0. The second-order valence-electron chi connectivity index (χ2n) is 9.12. The van der Waals surface area contributed by atoms with Gasteiger partial charge in [0.25, 0.3) is 0 Å². The van der Waals surface area contributed by atoms with E-state index in [0.717, 1.165) is 22.3 Å². The van der Waals surface area contributed by atoms with Crippen LogP contribution < -0.4 is 0 Å². The first-order valence-electron chi connectivity index (χ1n) is 11.1. The Hall–Kier alpha value is -4.92. The quantitative estimate of drug-likeness (QED) is 0.196. The number of hydrogen-bond acceptors (Lipinski definition) is 6. The second-order valence-corrected chi connectivity index (χ2v) is 9.12. The van der Waals surface area contributed by atoms with Crippen molar-refractivity contribution in [3.8, 4) is 57.1 Å². The normalized spacial score (nSPS) is 11.9. The number of benzene rings is 3. The smallest absolute Gasteiger partial charge is 0.167 e. The molecule has 0 spiro atoms. The summed E-state index contributed by atoms with van der Waals surface area (Å²) in [5, 5.41) is 63.6. The van der Waals surface area contributed by atoms with Crippen LogP contribution >= 0.6 is 0 Å². The van der Waals surface area contributed by atoms with E-state index in [4.69, 9.17) is 0 Å². The Morgan fingerprint density at radius 2 is 0.861 bits per heavy atom. The van der Waals surface area contributed by atoms with Gasteiger partial charge in [0.1, 0.15) is 0 Å². The monoisotopic (exact) mass is 485 g/mol. The molecule has 3 heterocycles. The van der Waals surface area contributed by atoms with Gasteiger partial charge in [-0.3, -0.25) is 0 Å². The summed E-state index contributed by atoms with van der Waals surface area (Å²) in [5.74, 6) is -1.49. The molecule has 0 unspecified atom stereocenters. The Balaban J connectivity index is 1.66. The third kappa shape index (κ3) is 2.76. The van der Waals surface area contributed by atoms with Gasteiger partial charge >= 0.3 is 0 Å². The third-order valence-corrected chi connectivity index (χ3v) is 7.10. The van der Waals surface area contributed by atoms with Crippen molar-refractivity contribution in [3.05, 3.63) is 48.5 Å². The summed E-state index contributed by atoms with van der Waals surface area (Å²) in [6.07, 6.45) is 0. The van der Waals surface area contributed by atoms with Crippen molar-refractivity contribution in [1.29, 1.82) is 0 Å². The molecule has 3 aromatic carbocycles. The maximum absolute atomic E-state index is 11.0. The molecule has 0 bridgehead atoms. The minimum absolute atomic E-state index is 0.207. The first-order chi connectivity index (χ1) is 17.1. The molecule has 36 heavy (non-hydrogen) atoms. The fourth-order valence-corrected chi connectivity index (χ4v) is 5.16. The van der Waals surface area contributed by atoms with Gasteiger partial charge in [-0.15, -0.1) is 0 Å². The number of aromatic nitrogens is 3. The number of phenols is 6. The molecule has 0 saturated heterocycles. The third-order valence-electron chi connectivity index (χ3n) is 7.10. The molecule has 0 aliphatic rings. The van der Waals surface area contributed by atoms with Crippen molar-refractivity contribution in [2.45, 2.75) is 0 Å². The standard InChI is InChI=1S/C27H23N3O6/c1-28-15-9-23(33)21(31)6-12(15)4-18(28)19-8-14-17(30(19)3)11-25(35)27(36)26(14)20-5-13-7-22(32)24(34)10-16(13)29(20)2/h4-11,31-36H,1-3H3. The minimum atomic E-state index is -0.286. The molecule has 0 radical (unpaired) electrons. The second kappa shape index (κ2) is 7.05. The van der Waals surface area contributed by atoms with Crippen molar-refractivity contribution in [1.82, 2.24) is 13.7 Å². The number of aryl methyl sites for hydroxylation is 3. The first-order valence-corrected chi connectivity index (χ1v) is 11.1. The number of phenolic OH excluding ortho intramolecular Hbond substituents is 6. The van der Waals surface area contributed by atoms with E-state index in [-0.39, 0.29) is 34.5 Å². The molecule has 0 atom stereocenters. The van der Waals surface area contributed by atoms with E-state index in [1.807, 2.05) is 35.4 Å². The molecule has 9 nitrogen and oxygen atoms in total. The maximum atomic E-state index is 11.0. The molecule has 9 heteroatoms. The van der Waals surface area contributed by atoms with Crippen molar-refractivity contribution < 1.29 is 30.6 Å². The van der Waals surface area contributed by atoms with Gasteiger partial charge in [0.15, 0.2) is 34.5 Å². The summed E-state index contributed by atoms with van der Waals surface area (Å²) < 4.78 is 5.56. The largest absolute Gasteiger partial charge is 0.504 e. The van der Waals surface area contributed by atoms with Crippen LogP contribution in [0.5, 0.6) is 34.5 Å². The van der Waals surface area contributed by atoms with Crippen LogP contribution in [0.3, 0.4) is 0 Å². The maximum Gasteiger partial charge on any atom is 0.167 e. The predicted molar refractivity (Wildman–Crippen MR) is 137 cm³/mol. The number of fused-ring (bicyclic) bond motifs is 3. The number of nitrogens with zero attached hydrogens (tertiary/aromatic N) is 3. The van der Waals surface area contributed by atoms with Crippen LogP contribution in [-0.4, -0.2) is 44.3 Å². The van der Waals surface area contributed by atoms with Crippen LogP contribution in [-0.2, 0) is 21.1 Å². The van der Waals surface area contributed by atoms with E-state index in [2.05, 4.69) is 0 Å². The molecule has 6 N–H and O–H groups in total. The lowest BCUT2D eigenvalue weighted by molar-refractivity contribution is 0.404. The summed E-state index contributed by atoms with van der Waals surface area (Å²) in [4.78, 5) is 0. The van der Waals surface area contributed by atoms with Crippen molar-refractivity contribution >= 4 is 32.7 Å². The van der Waals surface area contributed by atoms with Gasteiger partial charge < -0.3 is 44.3 Å². The zero-order chi connectivity index (χ0) is 25.6. The molecule has 0 saturated carbocycles. The molecular formula is C27H23N3O6. The van der Waals surface area contributed by atoms with Crippen molar-refractivity contribution in [3.63, 3.8) is 0 Å². The summed E-state index contributed by atoms with van der Waals surface area (Å²) in [6, 6.07) is 13.0. The van der Waals surface area contributed by atoms with Crippen molar-refractivity contribution in [2.24, 2.45) is 21.1 Å². The highest BCUT2D eigenvalue weighted by molar-refractivity contribution is 6.05. The minimum Gasteiger partial charge on any atom is -0.504 e. The average molecular weight is 485 g/mol. The Morgan fingerprint density at radius 3 is 1.44 bits per heavy atom. The fraction of sp³-hybridized carbons (Fsp3) is 0.111. The molecule has 0 aliphatic heterocycles. The van der Waals surface area contributed by atoms with Gasteiger partial charge in [-0.1, -0.05) is 0 Å². The van der Waals surface area contributed by atoms with E-state index < -0.39 is 0 Å². The highest BCUT2D eigenvalue weighted by Crippen LogP contribution is 2.47. The van der Waals surface area contributed by atoms with E-state index in [9.17, 15) is 30.6 Å². The van der Waals surface area contributed by atoms with Crippen LogP contribution in [0.4, 0.5) is 0 Å². The SMILES string of the molecule is Cn1c(-c2c(O)c(O)cc3c2cc(-c2cc4cc(O)c(O)cc4n2C)n3C)cc2cc(O)c(O)cc21. The predicted octanol–water partition coefficient (Wildman–Crippen LogP) is 4.73. The van der Waals surface area contributed by atoms with Crippen LogP contribution in [0.2, 0.25) is 0 Å². The van der Waals surface area contributed by atoms with Gasteiger partial charge in [0.2, 0.25) is 0 Å². The van der Waals surface area contributed by atoms with Crippen LogP contribution in [0, 0.1) is 0 Å². The highest BCUT2D eigenvalue weighted by Gasteiger charge is 2.23. The average Bonchev–Trinajstić information content (AvgIpc) is 3.43. The summed E-state index contributed by atoms with van der Waals surface area (Å²) in [5.41, 5.74) is 4.59. The van der Waals surface area contributed by atoms with Gasteiger partial charge in [0, 0.05) is 55.5 Å².